The van der Waals surface area contributed by atoms with Crippen LogP contribution < -0.4 is 0 Å². The zero-order chi connectivity index (χ0) is 22.7. The van der Waals surface area contributed by atoms with Crippen LogP contribution in [0.25, 0.3) is 10.9 Å². The molecular weight excluding hydrogens is 422 g/mol. The lowest BCUT2D eigenvalue weighted by atomic mass is 9.99. The van der Waals surface area contributed by atoms with Crippen molar-refractivity contribution in [3.8, 4) is 5.88 Å². The molecule has 162 valence electrons. The number of H-pyrrole nitrogens is 1. The zero-order valence-electron chi connectivity index (χ0n) is 18.0. The molecule has 5 nitrogen and oxygen atoms in total. The number of aromatic hydroxyl groups is 1. The maximum atomic E-state index is 12.9. The van der Waals surface area contributed by atoms with Gasteiger partial charge in [0.05, 0.1) is 17.0 Å². The summed E-state index contributed by atoms with van der Waals surface area (Å²) < 4.78 is 0. The Kier molecular flexibility index (Phi) is 6.28. The van der Waals surface area contributed by atoms with Gasteiger partial charge in [0.25, 0.3) is 5.91 Å². The number of nitrogens with zero attached hydrogens (tertiary/aromatic N) is 2. The standard InChI is InChI=1S/C26H24ClN3O2/c1-3-30(4-2)26(32)18-10-15-22-21(16-18)23(25(31)29-22)24(17-8-6-5-7-9-17)28-20-13-11-19(27)12-14-20/h5-16,29,31H,3-4H2,1-2H3. The summed E-state index contributed by atoms with van der Waals surface area (Å²) in [5.74, 6) is -0.0385. The number of aromatic amines is 1. The minimum atomic E-state index is -0.0422. The van der Waals surface area contributed by atoms with E-state index < -0.39 is 0 Å². The molecule has 6 heteroatoms. The summed E-state index contributed by atoms with van der Waals surface area (Å²) in [6, 6.07) is 22.3. The monoisotopic (exact) mass is 445 g/mol. The molecule has 0 bridgehead atoms. The fourth-order valence-electron chi connectivity index (χ4n) is 3.75. The van der Waals surface area contributed by atoms with Gasteiger partial charge in [0, 0.05) is 40.1 Å². The second-order valence-corrected chi connectivity index (χ2v) is 7.83. The van der Waals surface area contributed by atoms with Gasteiger partial charge in [-0.3, -0.25) is 4.79 Å². The average molecular weight is 446 g/mol. The molecule has 1 heterocycles. The molecule has 0 unspecified atom stereocenters. The first-order valence-electron chi connectivity index (χ1n) is 10.6. The Balaban J connectivity index is 1.92. The summed E-state index contributed by atoms with van der Waals surface area (Å²) in [5, 5.41) is 12.2. The number of carbonyl (C=O) groups is 1. The number of nitrogens with one attached hydrogen (secondary N) is 1. The highest BCUT2D eigenvalue weighted by Gasteiger charge is 2.21. The van der Waals surface area contributed by atoms with Crippen molar-refractivity contribution in [1.29, 1.82) is 0 Å². The lowest BCUT2D eigenvalue weighted by Crippen LogP contribution is -2.30. The van der Waals surface area contributed by atoms with Crippen LogP contribution in [0.5, 0.6) is 5.88 Å². The van der Waals surface area contributed by atoms with E-state index in [4.69, 9.17) is 16.6 Å². The number of aromatic nitrogens is 1. The maximum absolute atomic E-state index is 12.9. The Hall–Kier alpha value is -3.57. The molecule has 1 aromatic heterocycles. The molecule has 0 saturated heterocycles. The maximum Gasteiger partial charge on any atom is 0.253 e. The van der Waals surface area contributed by atoms with Crippen LogP contribution in [0, 0.1) is 0 Å². The smallest absolute Gasteiger partial charge is 0.253 e. The van der Waals surface area contributed by atoms with Crippen LogP contribution in [0.2, 0.25) is 5.02 Å². The van der Waals surface area contributed by atoms with E-state index in [9.17, 15) is 9.90 Å². The van der Waals surface area contributed by atoms with Gasteiger partial charge in [-0.1, -0.05) is 41.9 Å². The molecule has 0 spiro atoms. The molecule has 0 saturated carbocycles. The fraction of sp³-hybridized carbons (Fsp3) is 0.154. The minimum Gasteiger partial charge on any atom is -0.494 e. The summed E-state index contributed by atoms with van der Waals surface area (Å²) in [6.45, 7) is 5.18. The molecule has 0 fully saturated rings. The van der Waals surface area contributed by atoms with Crippen LogP contribution in [0.3, 0.4) is 0 Å². The molecule has 2 N–H and O–H groups in total. The van der Waals surface area contributed by atoms with E-state index in [1.807, 2.05) is 68.4 Å². The number of hydrogen-bond donors (Lipinski definition) is 2. The van der Waals surface area contributed by atoms with Crippen molar-refractivity contribution in [2.75, 3.05) is 13.1 Å². The Morgan fingerprint density at radius 1 is 0.969 bits per heavy atom. The summed E-state index contributed by atoms with van der Waals surface area (Å²) in [7, 11) is 0. The zero-order valence-corrected chi connectivity index (χ0v) is 18.7. The van der Waals surface area contributed by atoms with Gasteiger partial charge in [0.15, 0.2) is 5.88 Å². The molecule has 1 amide bonds. The number of amides is 1. The van der Waals surface area contributed by atoms with Gasteiger partial charge in [0.2, 0.25) is 0 Å². The van der Waals surface area contributed by atoms with Crippen molar-refractivity contribution < 1.29 is 9.90 Å². The second-order valence-electron chi connectivity index (χ2n) is 7.39. The van der Waals surface area contributed by atoms with E-state index in [1.54, 1.807) is 23.1 Å². The minimum absolute atomic E-state index is 0.00371. The van der Waals surface area contributed by atoms with E-state index in [0.29, 0.717) is 40.6 Å². The first-order valence-corrected chi connectivity index (χ1v) is 10.9. The van der Waals surface area contributed by atoms with Gasteiger partial charge >= 0.3 is 0 Å². The number of halogens is 1. The van der Waals surface area contributed by atoms with Crippen LogP contribution in [0.4, 0.5) is 5.69 Å². The summed E-state index contributed by atoms with van der Waals surface area (Å²) in [4.78, 5) is 22.6. The quantitative estimate of drug-likeness (QED) is 0.348. The number of hydrogen-bond acceptors (Lipinski definition) is 3. The van der Waals surface area contributed by atoms with E-state index in [2.05, 4.69) is 4.98 Å². The van der Waals surface area contributed by atoms with Crippen LogP contribution in [-0.2, 0) is 0 Å². The van der Waals surface area contributed by atoms with Gasteiger partial charge in [-0.05, 0) is 56.3 Å². The molecule has 0 aliphatic heterocycles. The summed E-state index contributed by atoms with van der Waals surface area (Å²) in [5.41, 5.74) is 4.00. The third-order valence-electron chi connectivity index (χ3n) is 5.43. The third-order valence-corrected chi connectivity index (χ3v) is 5.68. The topological polar surface area (TPSA) is 68.7 Å². The molecular formula is C26H24ClN3O2. The molecule has 0 aliphatic carbocycles. The Bertz CT molecular complexity index is 1270. The van der Waals surface area contributed by atoms with Gasteiger partial charge in [-0.15, -0.1) is 0 Å². The first kappa shape index (κ1) is 21.7. The van der Waals surface area contributed by atoms with Crippen molar-refractivity contribution in [1.82, 2.24) is 9.88 Å². The summed E-state index contributed by atoms with van der Waals surface area (Å²) >= 11 is 6.04. The molecule has 0 atom stereocenters. The highest BCUT2D eigenvalue weighted by atomic mass is 35.5. The molecule has 0 aliphatic rings. The van der Waals surface area contributed by atoms with E-state index in [1.165, 1.54) is 0 Å². The van der Waals surface area contributed by atoms with Crippen molar-refractivity contribution >= 4 is 39.8 Å². The second kappa shape index (κ2) is 9.28. The molecule has 4 rings (SSSR count). The van der Waals surface area contributed by atoms with Crippen LogP contribution in [0.1, 0.15) is 35.3 Å². The Morgan fingerprint density at radius 3 is 2.31 bits per heavy atom. The van der Waals surface area contributed by atoms with E-state index in [-0.39, 0.29) is 11.8 Å². The van der Waals surface area contributed by atoms with Gasteiger partial charge in [-0.2, -0.15) is 0 Å². The van der Waals surface area contributed by atoms with Crippen LogP contribution >= 0.6 is 11.6 Å². The van der Waals surface area contributed by atoms with Gasteiger partial charge in [0.1, 0.15) is 0 Å². The molecule has 3 aromatic carbocycles. The predicted octanol–water partition coefficient (Wildman–Crippen LogP) is 6.18. The van der Waals surface area contributed by atoms with Crippen molar-refractivity contribution in [2.45, 2.75) is 13.8 Å². The first-order chi connectivity index (χ1) is 15.5. The van der Waals surface area contributed by atoms with Crippen LogP contribution in [-0.4, -0.2) is 39.7 Å². The van der Waals surface area contributed by atoms with Crippen LogP contribution in [0.15, 0.2) is 77.8 Å². The van der Waals surface area contributed by atoms with Crippen molar-refractivity contribution in [3.63, 3.8) is 0 Å². The van der Waals surface area contributed by atoms with Crippen molar-refractivity contribution in [3.05, 3.63) is 94.5 Å². The fourth-order valence-corrected chi connectivity index (χ4v) is 3.88. The lowest BCUT2D eigenvalue weighted by Gasteiger charge is -2.18. The average Bonchev–Trinajstić information content (AvgIpc) is 3.14. The molecule has 4 aromatic rings. The molecule has 0 radical (unpaired) electrons. The summed E-state index contributed by atoms with van der Waals surface area (Å²) in [6.07, 6.45) is 0. The SMILES string of the molecule is CCN(CC)C(=O)c1ccc2[nH]c(O)c(C(=Nc3ccc(Cl)cc3)c3ccccc3)c2c1. The largest absolute Gasteiger partial charge is 0.494 e. The predicted molar refractivity (Wildman–Crippen MR) is 130 cm³/mol. The normalized spacial score (nSPS) is 11.7. The number of carbonyl (C=O) groups excluding carboxylic acids is 1. The number of aliphatic imine (C=N–C) groups is 1. The highest BCUT2D eigenvalue weighted by molar-refractivity contribution is 6.30. The number of rotatable bonds is 6. The Labute approximate surface area is 192 Å². The number of fused-ring (bicyclic) bond motifs is 1. The molecule has 32 heavy (non-hydrogen) atoms. The van der Waals surface area contributed by atoms with E-state index in [0.717, 1.165) is 16.5 Å². The highest BCUT2D eigenvalue weighted by Crippen LogP contribution is 2.32. The third kappa shape index (κ3) is 4.25. The lowest BCUT2D eigenvalue weighted by molar-refractivity contribution is 0.0773. The van der Waals surface area contributed by atoms with Gasteiger partial charge in [-0.25, -0.2) is 4.99 Å². The Morgan fingerprint density at radius 2 is 1.66 bits per heavy atom. The van der Waals surface area contributed by atoms with E-state index >= 15 is 0 Å². The van der Waals surface area contributed by atoms with Crippen molar-refractivity contribution in [2.24, 2.45) is 4.99 Å². The number of benzene rings is 3. The van der Waals surface area contributed by atoms with Gasteiger partial charge < -0.3 is 15.0 Å².